The molecule has 0 spiro atoms. The highest BCUT2D eigenvalue weighted by Crippen LogP contribution is 2.45. The molecule has 0 bridgehead atoms. The zero-order chi connectivity index (χ0) is 38.3. The molecule has 2 aliphatic rings. The van der Waals surface area contributed by atoms with Gasteiger partial charge in [0.1, 0.15) is 11.5 Å². The average Bonchev–Trinajstić information content (AvgIpc) is 3.91. The van der Waals surface area contributed by atoms with E-state index in [-0.39, 0.29) is 29.0 Å². The predicted molar refractivity (Wildman–Crippen MR) is 209 cm³/mol. The Balaban J connectivity index is 0.977. The summed E-state index contributed by atoms with van der Waals surface area (Å²) >= 11 is 2.44. The van der Waals surface area contributed by atoms with Crippen LogP contribution in [0.3, 0.4) is 0 Å². The van der Waals surface area contributed by atoms with Crippen molar-refractivity contribution in [1.29, 1.82) is 0 Å². The summed E-state index contributed by atoms with van der Waals surface area (Å²) in [6.07, 6.45) is 1.35. The number of hydrogen-bond donors (Lipinski definition) is 3. The maximum Gasteiger partial charge on any atom is 0.304 e. The van der Waals surface area contributed by atoms with Gasteiger partial charge in [0, 0.05) is 43.1 Å². The van der Waals surface area contributed by atoms with Gasteiger partial charge in [-0.2, -0.15) is 18.6 Å². The van der Waals surface area contributed by atoms with E-state index in [2.05, 4.69) is 34.9 Å². The van der Waals surface area contributed by atoms with E-state index in [0.29, 0.717) is 73.1 Å². The predicted octanol–water partition coefficient (Wildman–Crippen LogP) is 5.92. The van der Waals surface area contributed by atoms with Crippen LogP contribution < -0.4 is 20.1 Å². The topological polar surface area (TPSA) is 167 Å². The van der Waals surface area contributed by atoms with Crippen LogP contribution in [0, 0.1) is 13.8 Å². The lowest BCUT2D eigenvalue weighted by Crippen LogP contribution is -2.31. The molecule has 6 aromatic rings. The lowest BCUT2D eigenvalue weighted by atomic mass is 10.1. The number of nitrogens with zero attached hydrogens (tertiary/aromatic N) is 4. The first-order valence-electron chi connectivity index (χ1n) is 17.9. The zero-order valence-corrected chi connectivity index (χ0v) is 32.6. The standard InChI is InChI=1S/C39H38N6O7S3/c1-23-4-8-25(9-5-23)21-44-34-27(12-17-51-29-14-19-53-36(29)34)32(42-44)38(46)40-15-3-16-41-39(47)33-28-13-18-52-30-20-31(55(48,49)50)54-37(30)35(28)45(43-33)22-26-10-6-24(2)7-11-26/h4-11,14,19-20H,3,12-13,15-18,21-22H2,1-2H3,(H,40,46)(H,41,47)(H,48,49,50). The van der Waals surface area contributed by atoms with Crippen LogP contribution in [0.2, 0.25) is 0 Å². The Morgan fingerprint density at radius 2 is 1.27 bits per heavy atom. The molecule has 55 heavy (non-hydrogen) atoms. The van der Waals surface area contributed by atoms with E-state index in [1.165, 1.54) is 11.6 Å². The van der Waals surface area contributed by atoms with Crippen molar-refractivity contribution in [2.45, 2.75) is 50.4 Å². The number of carbonyl (C=O) groups is 2. The van der Waals surface area contributed by atoms with Crippen LogP contribution in [0.1, 0.15) is 60.8 Å². The maximum absolute atomic E-state index is 13.7. The fourth-order valence-corrected chi connectivity index (χ4v) is 9.58. The highest BCUT2D eigenvalue weighted by molar-refractivity contribution is 7.88. The molecule has 0 saturated heterocycles. The maximum atomic E-state index is 13.7. The molecule has 0 unspecified atom stereocenters. The quantitative estimate of drug-likeness (QED) is 0.107. The van der Waals surface area contributed by atoms with Crippen molar-refractivity contribution in [2.75, 3.05) is 26.3 Å². The summed E-state index contributed by atoms with van der Waals surface area (Å²) < 4.78 is 49.1. The molecule has 2 aliphatic heterocycles. The number of hydrogen-bond acceptors (Lipinski definition) is 10. The molecule has 13 nitrogen and oxygen atoms in total. The van der Waals surface area contributed by atoms with E-state index < -0.39 is 16.0 Å². The van der Waals surface area contributed by atoms with Crippen molar-refractivity contribution in [3.63, 3.8) is 0 Å². The van der Waals surface area contributed by atoms with E-state index in [4.69, 9.17) is 19.7 Å². The number of aromatic nitrogens is 4. The second-order valence-electron chi connectivity index (χ2n) is 13.5. The molecule has 0 aliphatic carbocycles. The minimum absolute atomic E-state index is 0.189. The fraction of sp³-hybridized carbons (Fsp3) is 0.282. The Kier molecular flexibility index (Phi) is 10.1. The van der Waals surface area contributed by atoms with Gasteiger partial charge in [0.25, 0.3) is 11.8 Å². The number of amides is 2. The van der Waals surface area contributed by atoms with Crippen molar-refractivity contribution < 1.29 is 32.0 Å². The smallest absolute Gasteiger partial charge is 0.304 e. The molecule has 2 aromatic carbocycles. The Hall–Kier alpha value is -5.29. The SMILES string of the molecule is Cc1ccc(Cn2nc(C(=O)NCCCNC(=O)c3nn(Cc4ccc(C)cc4)c4c3CCOc3cc(S(=O)(=O)O)sc3-4)c3c2-c2sccc2OCC3)cc1. The average molecular weight is 799 g/mol. The molecule has 0 atom stereocenters. The third-order valence-electron chi connectivity index (χ3n) is 9.57. The molecule has 16 heteroatoms. The Bertz CT molecular complexity index is 2510. The van der Waals surface area contributed by atoms with Gasteiger partial charge >= 0.3 is 10.1 Å². The summed E-state index contributed by atoms with van der Waals surface area (Å²) in [4.78, 5) is 28.8. The fourth-order valence-electron chi connectivity index (χ4n) is 6.83. The van der Waals surface area contributed by atoms with Gasteiger partial charge in [-0.15, -0.1) is 22.7 Å². The Morgan fingerprint density at radius 1 is 0.764 bits per heavy atom. The zero-order valence-electron chi connectivity index (χ0n) is 30.1. The highest BCUT2D eigenvalue weighted by Gasteiger charge is 2.32. The molecule has 3 N–H and O–H groups in total. The van der Waals surface area contributed by atoms with Crippen LogP contribution in [0.25, 0.3) is 21.1 Å². The second kappa shape index (κ2) is 15.1. The van der Waals surface area contributed by atoms with Gasteiger partial charge in [-0.1, -0.05) is 59.7 Å². The Labute approximate surface area is 325 Å². The number of benzene rings is 2. The first-order chi connectivity index (χ1) is 26.5. The number of ether oxygens (including phenoxy) is 2. The first kappa shape index (κ1) is 36.7. The van der Waals surface area contributed by atoms with Crippen molar-refractivity contribution in [1.82, 2.24) is 30.2 Å². The van der Waals surface area contributed by atoms with E-state index in [1.807, 2.05) is 54.2 Å². The van der Waals surface area contributed by atoms with E-state index in [9.17, 15) is 22.6 Å². The molecule has 2 amide bonds. The molecule has 6 heterocycles. The van der Waals surface area contributed by atoms with Gasteiger partial charge in [0.15, 0.2) is 15.6 Å². The molecule has 284 valence electrons. The monoisotopic (exact) mass is 798 g/mol. The molecule has 8 rings (SSSR count). The molecular formula is C39H38N6O7S3. The number of carbonyl (C=O) groups excluding carboxylic acids is 2. The van der Waals surface area contributed by atoms with Gasteiger partial charge in [-0.3, -0.25) is 23.5 Å². The lowest BCUT2D eigenvalue weighted by Gasteiger charge is -2.08. The van der Waals surface area contributed by atoms with E-state index >= 15 is 0 Å². The molecular weight excluding hydrogens is 761 g/mol. The number of aryl methyl sites for hydroxylation is 2. The first-order valence-corrected chi connectivity index (χ1v) is 21.0. The normalized spacial score (nSPS) is 13.3. The van der Waals surface area contributed by atoms with Crippen LogP contribution in [0.15, 0.2) is 70.3 Å². The summed E-state index contributed by atoms with van der Waals surface area (Å²) in [6.45, 7) is 6.05. The van der Waals surface area contributed by atoms with Gasteiger partial charge in [-0.05, 0) is 42.8 Å². The van der Waals surface area contributed by atoms with Gasteiger partial charge in [-0.25, -0.2) is 0 Å². The van der Waals surface area contributed by atoms with Crippen molar-refractivity contribution in [2.24, 2.45) is 0 Å². The van der Waals surface area contributed by atoms with Gasteiger partial charge in [0.2, 0.25) is 0 Å². The van der Waals surface area contributed by atoms with Crippen LogP contribution in [0.4, 0.5) is 0 Å². The number of thiophene rings is 2. The minimum Gasteiger partial charge on any atom is -0.492 e. The number of fused-ring (bicyclic) bond motifs is 6. The second-order valence-corrected chi connectivity index (χ2v) is 17.2. The summed E-state index contributed by atoms with van der Waals surface area (Å²) in [5, 5.41) is 17.5. The van der Waals surface area contributed by atoms with Crippen molar-refractivity contribution in [3.8, 4) is 32.6 Å². The molecule has 0 saturated carbocycles. The van der Waals surface area contributed by atoms with Crippen LogP contribution in [-0.2, 0) is 36.0 Å². The van der Waals surface area contributed by atoms with Crippen LogP contribution in [0.5, 0.6) is 11.5 Å². The minimum atomic E-state index is -4.48. The summed E-state index contributed by atoms with van der Waals surface area (Å²) in [5.74, 6) is 0.414. The third-order valence-corrected chi connectivity index (χ3v) is 12.9. The number of rotatable bonds is 11. The van der Waals surface area contributed by atoms with Crippen LogP contribution >= 0.6 is 22.7 Å². The largest absolute Gasteiger partial charge is 0.492 e. The van der Waals surface area contributed by atoms with Crippen molar-refractivity contribution >= 4 is 44.6 Å². The molecule has 0 radical (unpaired) electrons. The third kappa shape index (κ3) is 7.54. The molecule has 4 aromatic heterocycles. The van der Waals surface area contributed by atoms with Gasteiger partial charge in [0.05, 0.1) is 47.4 Å². The molecule has 0 fully saturated rings. The summed E-state index contributed by atoms with van der Waals surface area (Å²) in [5.41, 5.74) is 7.80. The van der Waals surface area contributed by atoms with Crippen molar-refractivity contribution in [3.05, 3.63) is 111 Å². The number of nitrogens with one attached hydrogen (secondary N) is 2. The van der Waals surface area contributed by atoms with Gasteiger partial charge < -0.3 is 20.1 Å². The highest BCUT2D eigenvalue weighted by atomic mass is 32.3. The lowest BCUT2D eigenvalue weighted by molar-refractivity contribution is 0.0944. The van der Waals surface area contributed by atoms with E-state index in [0.717, 1.165) is 49.9 Å². The van der Waals surface area contributed by atoms with Crippen LogP contribution in [-0.4, -0.2) is 70.6 Å². The van der Waals surface area contributed by atoms with E-state index in [1.54, 1.807) is 16.0 Å². The Morgan fingerprint density at radius 3 is 1.80 bits per heavy atom. The summed E-state index contributed by atoms with van der Waals surface area (Å²) in [6, 6.07) is 19.4. The summed E-state index contributed by atoms with van der Waals surface area (Å²) in [7, 11) is -4.48.